The van der Waals surface area contributed by atoms with Gasteiger partial charge in [0.15, 0.2) is 0 Å². The van der Waals surface area contributed by atoms with Crippen LogP contribution in [0.1, 0.15) is 38.3 Å². The Morgan fingerprint density at radius 1 is 1.29 bits per heavy atom. The lowest BCUT2D eigenvalue weighted by Gasteiger charge is -2.39. The van der Waals surface area contributed by atoms with Gasteiger partial charge in [-0.05, 0) is 24.5 Å². The number of hydrogen-bond acceptors (Lipinski definition) is 2. The van der Waals surface area contributed by atoms with Gasteiger partial charge in [0, 0.05) is 37.8 Å². The van der Waals surface area contributed by atoms with Crippen LogP contribution in [0.3, 0.4) is 0 Å². The van der Waals surface area contributed by atoms with E-state index in [1.54, 1.807) is 0 Å². The smallest absolute Gasteiger partial charge is 0.129 e. The number of nitrogens with zero attached hydrogens (tertiary/aromatic N) is 1. The highest BCUT2D eigenvalue weighted by Crippen LogP contribution is 2.40. The Morgan fingerprint density at radius 3 is 2.57 bits per heavy atom. The van der Waals surface area contributed by atoms with E-state index in [2.05, 4.69) is 24.1 Å². The highest BCUT2D eigenvalue weighted by Gasteiger charge is 2.31. The second kappa shape index (κ2) is 7.77. The van der Waals surface area contributed by atoms with Gasteiger partial charge in [-0.25, -0.2) is 4.39 Å². The first-order valence-electron chi connectivity index (χ1n) is 7.64. The number of benzene rings is 1. The molecule has 1 aromatic carbocycles. The largest absolute Gasteiger partial charge is 0.314 e. The Kier molecular flexibility index (Phi) is 6.30. The van der Waals surface area contributed by atoms with Crippen molar-refractivity contribution < 1.29 is 4.39 Å². The summed E-state index contributed by atoms with van der Waals surface area (Å²) in [5.41, 5.74) is 0.562. The second-order valence-corrected chi connectivity index (χ2v) is 6.54. The third-order valence-corrected chi connectivity index (χ3v) is 5.02. The van der Waals surface area contributed by atoms with Crippen molar-refractivity contribution in [3.63, 3.8) is 0 Å². The first kappa shape index (κ1) is 17.0. The molecular weight excluding hydrogens is 310 g/mol. The van der Waals surface area contributed by atoms with Crippen LogP contribution >= 0.6 is 23.2 Å². The quantitative estimate of drug-likeness (QED) is 0.797. The van der Waals surface area contributed by atoms with Crippen molar-refractivity contribution >= 4 is 23.2 Å². The Hall–Kier alpha value is -0.350. The summed E-state index contributed by atoms with van der Waals surface area (Å²) in [4.78, 5) is 2.33. The molecule has 0 aromatic heterocycles. The van der Waals surface area contributed by atoms with Crippen molar-refractivity contribution in [1.82, 2.24) is 10.2 Å². The van der Waals surface area contributed by atoms with Gasteiger partial charge >= 0.3 is 0 Å². The molecule has 118 valence electrons. The molecule has 2 rings (SSSR count). The van der Waals surface area contributed by atoms with Gasteiger partial charge in [0.2, 0.25) is 0 Å². The molecule has 1 aliphatic heterocycles. The van der Waals surface area contributed by atoms with Crippen molar-refractivity contribution in [1.29, 1.82) is 0 Å². The van der Waals surface area contributed by atoms with E-state index in [9.17, 15) is 4.39 Å². The lowest BCUT2D eigenvalue weighted by molar-refractivity contribution is 0.123. The van der Waals surface area contributed by atoms with Crippen LogP contribution in [0.2, 0.25) is 10.0 Å². The Labute approximate surface area is 136 Å². The van der Waals surface area contributed by atoms with E-state index >= 15 is 0 Å². The average Bonchev–Trinajstić information content (AvgIpc) is 2.48. The van der Waals surface area contributed by atoms with Crippen LogP contribution in [0.5, 0.6) is 0 Å². The molecule has 0 amide bonds. The van der Waals surface area contributed by atoms with Gasteiger partial charge in [-0.3, -0.25) is 4.90 Å². The van der Waals surface area contributed by atoms with Crippen molar-refractivity contribution in [2.45, 2.75) is 32.7 Å². The third-order valence-electron chi connectivity index (χ3n) is 4.20. The monoisotopic (exact) mass is 332 g/mol. The maximum atomic E-state index is 14.5. The summed E-state index contributed by atoms with van der Waals surface area (Å²) in [5, 5.41) is 4.13. The summed E-state index contributed by atoms with van der Waals surface area (Å²) in [5.74, 6) is 0.0782. The number of rotatable bonds is 5. The summed E-state index contributed by atoms with van der Waals surface area (Å²) in [7, 11) is 0. The van der Waals surface area contributed by atoms with Crippen LogP contribution in [0.25, 0.3) is 0 Å². The minimum Gasteiger partial charge on any atom is -0.314 e. The lowest BCUT2D eigenvalue weighted by atomic mass is 9.88. The predicted molar refractivity (Wildman–Crippen MR) is 87.7 cm³/mol. The van der Waals surface area contributed by atoms with Gasteiger partial charge in [0.05, 0.1) is 10.0 Å². The molecule has 0 bridgehead atoms. The van der Waals surface area contributed by atoms with Crippen molar-refractivity contribution in [3.05, 3.63) is 33.6 Å². The van der Waals surface area contributed by atoms with E-state index in [0.29, 0.717) is 21.5 Å². The van der Waals surface area contributed by atoms with Crippen molar-refractivity contribution in [2.75, 3.05) is 26.2 Å². The summed E-state index contributed by atoms with van der Waals surface area (Å²) < 4.78 is 14.5. The molecule has 2 nitrogen and oxygen atoms in total. The minimum atomic E-state index is -0.254. The van der Waals surface area contributed by atoms with E-state index in [1.165, 1.54) is 12.1 Å². The van der Waals surface area contributed by atoms with Crippen LogP contribution in [-0.4, -0.2) is 31.1 Å². The van der Waals surface area contributed by atoms with E-state index in [0.717, 1.165) is 39.0 Å². The van der Waals surface area contributed by atoms with E-state index in [-0.39, 0.29) is 11.9 Å². The molecule has 1 aromatic rings. The fraction of sp³-hybridized carbons (Fsp3) is 0.625. The molecule has 1 unspecified atom stereocenters. The average molecular weight is 333 g/mol. The summed E-state index contributed by atoms with van der Waals surface area (Å²) >= 11 is 12.5. The van der Waals surface area contributed by atoms with Crippen molar-refractivity contribution in [3.8, 4) is 0 Å². The predicted octanol–water partition coefficient (Wildman–Crippen LogP) is 4.52. The first-order valence-corrected chi connectivity index (χ1v) is 8.40. The zero-order valence-corrected chi connectivity index (χ0v) is 14.1. The van der Waals surface area contributed by atoms with E-state index in [4.69, 9.17) is 23.2 Å². The lowest BCUT2D eigenvalue weighted by Crippen LogP contribution is -2.47. The van der Waals surface area contributed by atoms with Crippen LogP contribution in [-0.2, 0) is 0 Å². The van der Waals surface area contributed by atoms with Gasteiger partial charge in [-0.1, -0.05) is 43.5 Å². The Morgan fingerprint density at radius 2 is 1.95 bits per heavy atom. The van der Waals surface area contributed by atoms with Gasteiger partial charge in [-0.15, -0.1) is 0 Å². The Balaban J connectivity index is 2.41. The molecule has 2 atom stereocenters. The maximum absolute atomic E-state index is 14.5. The van der Waals surface area contributed by atoms with Crippen LogP contribution in [0.15, 0.2) is 12.1 Å². The normalized spacial score (nSPS) is 19.5. The third kappa shape index (κ3) is 3.89. The molecule has 1 N–H and O–H groups in total. The molecule has 5 heteroatoms. The fourth-order valence-corrected chi connectivity index (χ4v) is 3.64. The molecule has 0 aliphatic carbocycles. The molecule has 0 spiro atoms. The number of hydrogen-bond donors (Lipinski definition) is 1. The molecule has 0 saturated carbocycles. The second-order valence-electron chi connectivity index (χ2n) is 5.75. The zero-order chi connectivity index (χ0) is 15.4. The minimum absolute atomic E-state index is 0.0155. The SMILES string of the molecule is CCCC(C)[C@H](c1c(F)ccc(Cl)c1Cl)N1CCNCC1. The zero-order valence-electron chi connectivity index (χ0n) is 12.6. The first-order chi connectivity index (χ1) is 10.1. The number of piperazine rings is 1. The van der Waals surface area contributed by atoms with Gasteiger partial charge in [0.25, 0.3) is 0 Å². The molecule has 1 fully saturated rings. The molecule has 1 aliphatic rings. The topological polar surface area (TPSA) is 15.3 Å². The molecule has 1 saturated heterocycles. The van der Waals surface area contributed by atoms with Gasteiger partial charge in [-0.2, -0.15) is 0 Å². The number of halogens is 3. The number of nitrogens with one attached hydrogen (secondary N) is 1. The van der Waals surface area contributed by atoms with Crippen LogP contribution in [0.4, 0.5) is 4.39 Å². The highest BCUT2D eigenvalue weighted by atomic mass is 35.5. The Bertz CT molecular complexity index is 476. The van der Waals surface area contributed by atoms with Gasteiger partial charge in [0.1, 0.15) is 5.82 Å². The van der Waals surface area contributed by atoms with E-state index < -0.39 is 0 Å². The van der Waals surface area contributed by atoms with Crippen LogP contribution in [0, 0.1) is 11.7 Å². The van der Waals surface area contributed by atoms with E-state index in [1.807, 2.05) is 0 Å². The molecule has 0 radical (unpaired) electrons. The molecule has 21 heavy (non-hydrogen) atoms. The summed E-state index contributed by atoms with van der Waals surface area (Å²) in [6.07, 6.45) is 2.11. The van der Waals surface area contributed by atoms with Crippen LogP contribution < -0.4 is 5.32 Å². The maximum Gasteiger partial charge on any atom is 0.129 e. The standard InChI is InChI=1S/C16H23Cl2FN2/c1-3-4-11(2)16(21-9-7-20-8-10-21)14-13(19)6-5-12(17)15(14)18/h5-6,11,16,20H,3-4,7-10H2,1-2H3/t11?,16-/m1/s1. The molecular formula is C16H23Cl2FN2. The van der Waals surface area contributed by atoms with Crippen molar-refractivity contribution in [2.24, 2.45) is 5.92 Å². The fourth-order valence-electron chi connectivity index (χ4n) is 3.21. The molecule has 1 heterocycles. The highest BCUT2D eigenvalue weighted by molar-refractivity contribution is 6.42. The van der Waals surface area contributed by atoms with Gasteiger partial charge < -0.3 is 5.32 Å². The summed E-state index contributed by atoms with van der Waals surface area (Å²) in [6.45, 7) is 7.99. The summed E-state index contributed by atoms with van der Waals surface area (Å²) in [6, 6.07) is 2.94.